The van der Waals surface area contributed by atoms with Crippen LogP contribution in [-0.4, -0.2) is 48.4 Å². The molecule has 0 heterocycles. The summed E-state index contributed by atoms with van der Waals surface area (Å²) in [5, 5.41) is 0. The third-order valence-corrected chi connectivity index (χ3v) is 4.81. The van der Waals surface area contributed by atoms with Crippen molar-refractivity contribution in [2.45, 2.75) is 20.3 Å². The summed E-state index contributed by atoms with van der Waals surface area (Å²) in [6.45, 7) is 3.45. The highest BCUT2D eigenvalue weighted by Gasteiger charge is 2.29. The van der Waals surface area contributed by atoms with Crippen LogP contribution in [0.4, 0.5) is 0 Å². The summed E-state index contributed by atoms with van der Waals surface area (Å²) in [5.74, 6) is 2.69. The Morgan fingerprint density at radius 1 is 0.742 bits per heavy atom. The molecule has 2 rings (SSSR count). The molecule has 7 heteroatoms. The van der Waals surface area contributed by atoms with Crippen LogP contribution >= 0.6 is 0 Å². The van der Waals surface area contributed by atoms with Crippen LogP contribution < -0.4 is 28.4 Å². The lowest BCUT2D eigenvalue weighted by Gasteiger charge is -2.24. The van der Waals surface area contributed by atoms with E-state index in [2.05, 4.69) is 0 Å². The number of hydrogen-bond acceptors (Lipinski definition) is 7. The van der Waals surface area contributed by atoms with Crippen molar-refractivity contribution in [1.29, 1.82) is 0 Å². The van der Waals surface area contributed by atoms with E-state index in [9.17, 15) is 4.79 Å². The molecule has 0 N–H and O–H groups in total. The Labute approximate surface area is 183 Å². The van der Waals surface area contributed by atoms with Crippen molar-refractivity contribution >= 4 is 11.9 Å². The van der Waals surface area contributed by atoms with E-state index in [-0.39, 0.29) is 12.2 Å². The van der Waals surface area contributed by atoms with Crippen LogP contribution in [0.25, 0.3) is 17.2 Å². The average Bonchev–Trinajstić information content (AvgIpc) is 2.77. The SMILES string of the molecule is C/C=C\c1cc(OC)c(OC)c(OC)c1-c1c(CC(C)=O)cc(OC)c(OC)c1OC. The zero-order valence-corrected chi connectivity index (χ0v) is 19.4. The van der Waals surface area contributed by atoms with Gasteiger partial charge in [0.2, 0.25) is 11.5 Å². The predicted molar refractivity (Wildman–Crippen MR) is 120 cm³/mol. The standard InChI is InChI=1S/C24H30O7/c1-9-10-15-12-17(26-3)21(28-5)23(30-7)19(15)20-16(11-14(2)25)13-18(27-4)22(29-6)24(20)31-8/h9-10,12-13H,11H2,1-8H3/b10-9-. The molecule has 0 spiro atoms. The van der Waals surface area contributed by atoms with Crippen molar-refractivity contribution in [2.75, 3.05) is 42.7 Å². The summed E-state index contributed by atoms with van der Waals surface area (Å²) in [5.41, 5.74) is 2.85. The van der Waals surface area contributed by atoms with Crippen molar-refractivity contribution in [2.24, 2.45) is 0 Å². The predicted octanol–water partition coefficient (Wildman–Crippen LogP) is 4.57. The molecule has 0 fully saturated rings. The van der Waals surface area contributed by atoms with Gasteiger partial charge in [-0.15, -0.1) is 0 Å². The van der Waals surface area contributed by atoms with Crippen LogP contribution in [0.5, 0.6) is 34.5 Å². The van der Waals surface area contributed by atoms with E-state index in [0.29, 0.717) is 51.2 Å². The molecule has 0 saturated heterocycles. The Kier molecular flexibility index (Phi) is 8.19. The maximum absolute atomic E-state index is 12.1. The summed E-state index contributed by atoms with van der Waals surface area (Å²) >= 11 is 0. The van der Waals surface area contributed by atoms with E-state index < -0.39 is 0 Å². The molecule has 0 amide bonds. The number of carbonyl (C=O) groups excluding carboxylic acids is 1. The normalized spacial score (nSPS) is 10.7. The van der Waals surface area contributed by atoms with Crippen molar-refractivity contribution in [1.82, 2.24) is 0 Å². The summed E-state index contributed by atoms with van der Waals surface area (Å²) in [4.78, 5) is 12.1. The summed E-state index contributed by atoms with van der Waals surface area (Å²) in [7, 11) is 9.28. The van der Waals surface area contributed by atoms with E-state index in [0.717, 1.165) is 5.56 Å². The molecule has 31 heavy (non-hydrogen) atoms. The first-order chi connectivity index (χ1) is 14.9. The molecule has 2 aromatic rings. The molecule has 0 radical (unpaired) electrons. The van der Waals surface area contributed by atoms with Crippen LogP contribution in [0.1, 0.15) is 25.0 Å². The second-order valence-electron chi connectivity index (χ2n) is 6.67. The number of hydrogen-bond donors (Lipinski definition) is 0. The van der Waals surface area contributed by atoms with E-state index in [4.69, 9.17) is 28.4 Å². The first-order valence-electron chi connectivity index (χ1n) is 9.69. The fourth-order valence-electron chi connectivity index (χ4n) is 3.63. The van der Waals surface area contributed by atoms with Gasteiger partial charge in [-0.3, -0.25) is 4.79 Å². The summed E-state index contributed by atoms with van der Waals surface area (Å²) in [6, 6.07) is 3.64. The van der Waals surface area contributed by atoms with Crippen LogP contribution in [0, 0.1) is 0 Å². The van der Waals surface area contributed by atoms with Crippen molar-refractivity contribution in [3.63, 3.8) is 0 Å². The minimum atomic E-state index is -0.0115. The number of methoxy groups -OCH3 is 6. The number of benzene rings is 2. The van der Waals surface area contributed by atoms with Gasteiger partial charge in [-0.25, -0.2) is 0 Å². The molecule has 7 nitrogen and oxygen atoms in total. The second kappa shape index (κ2) is 10.6. The number of ketones is 1. The van der Waals surface area contributed by atoms with Gasteiger partial charge in [0.25, 0.3) is 0 Å². The van der Waals surface area contributed by atoms with Crippen LogP contribution in [0.3, 0.4) is 0 Å². The first kappa shape index (κ1) is 23.9. The fourth-order valence-corrected chi connectivity index (χ4v) is 3.63. The van der Waals surface area contributed by atoms with Crippen LogP contribution in [0.2, 0.25) is 0 Å². The molecule has 0 aromatic heterocycles. The third kappa shape index (κ3) is 4.55. The molecule has 0 saturated carbocycles. The molecule has 168 valence electrons. The number of Topliss-reactive ketones (excluding diaryl/α,β-unsaturated/α-hetero) is 1. The van der Waals surface area contributed by atoms with Gasteiger partial charge in [-0.1, -0.05) is 12.2 Å². The Bertz CT molecular complexity index is 977. The first-order valence-corrected chi connectivity index (χ1v) is 9.69. The van der Waals surface area contributed by atoms with Crippen molar-refractivity contribution < 1.29 is 33.2 Å². The summed E-state index contributed by atoms with van der Waals surface area (Å²) < 4.78 is 33.8. The number of ether oxygens (including phenoxy) is 6. The monoisotopic (exact) mass is 430 g/mol. The zero-order valence-electron chi connectivity index (χ0n) is 19.4. The zero-order chi connectivity index (χ0) is 23.1. The third-order valence-electron chi connectivity index (χ3n) is 4.81. The molecule has 0 bridgehead atoms. The van der Waals surface area contributed by atoms with Gasteiger partial charge in [0.1, 0.15) is 5.78 Å². The Hall–Kier alpha value is -3.35. The van der Waals surface area contributed by atoms with Crippen molar-refractivity contribution in [3.8, 4) is 45.6 Å². The number of allylic oxidation sites excluding steroid dienone is 1. The maximum atomic E-state index is 12.1. The van der Waals surface area contributed by atoms with Crippen LogP contribution in [0.15, 0.2) is 18.2 Å². The minimum absolute atomic E-state index is 0.0115. The van der Waals surface area contributed by atoms with Gasteiger partial charge in [0.05, 0.1) is 42.7 Å². The Morgan fingerprint density at radius 3 is 1.65 bits per heavy atom. The fraction of sp³-hybridized carbons (Fsp3) is 0.375. The van der Waals surface area contributed by atoms with E-state index in [1.807, 2.05) is 25.1 Å². The molecule has 0 aliphatic heterocycles. The van der Waals surface area contributed by atoms with Crippen molar-refractivity contribution in [3.05, 3.63) is 29.3 Å². The van der Waals surface area contributed by atoms with Gasteiger partial charge < -0.3 is 28.4 Å². The summed E-state index contributed by atoms with van der Waals surface area (Å²) in [6.07, 6.45) is 3.99. The van der Waals surface area contributed by atoms with Gasteiger partial charge in [0, 0.05) is 17.5 Å². The Morgan fingerprint density at radius 2 is 1.23 bits per heavy atom. The minimum Gasteiger partial charge on any atom is -0.493 e. The molecule has 0 aliphatic rings. The van der Waals surface area contributed by atoms with Crippen LogP contribution in [-0.2, 0) is 11.2 Å². The molecule has 2 aromatic carbocycles. The molecule has 0 aliphatic carbocycles. The van der Waals surface area contributed by atoms with Gasteiger partial charge in [-0.05, 0) is 37.1 Å². The van der Waals surface area contributed by atoms with E-state index in [1.54, 1.807) is 34.5 Å². The highest BCUT2D eigenvalue weighted by Crippen LogP contribution is 2.54. The maximum Gasteiger partial charge on any atom is 0.203 e. The highest BCUT2D eigenvalue weighted by molar-refractivity contribution is 5.93. The molecular weight excluding hydrogens is 400 g/mol. The van der Waals surface area contributed by atoms with Gasteiger partial charge in [-0.2, -0.15) is 0 Å². The largest absolute Gasteiger partial charge is 0.493 e. The molecule has 0 unspecified atom stereocenters. The Balaban J connectivity index is 3.15. The average molecular weight is 430 g/mol. The quantitative estimate of drug-likeness (QED) is 0.547. The molecular formula is C24H30O7. The highest BCUT2D eigenvalue weighted by atomic mass is 16.5. The lowest BCUT2D eigenvalue weighted by Crippen LogP contribution is -2.07. The second-order valence-corrected chi connectivity index (χ2v) is 6.67. The van der Waals surface area contributed by atoms with E-state index >= 15 is 0 Å². The number of carbonyl (C=O) groups is 1. The lowest BCUT2D eigenvalue weighted by atomic mass is 9.89. The van der Waals surface area contributed by atoms with Gasteiger partial charge >= 0.3 is 0 Å². The van der Waals surface area contributed by atoms with Gasteiger partial charge in [0.15, 0.2) is 23.0 Å². The lowest BCUT2D eigenvalue weighted by molar-refractivity contribution is -0.116. The van der Waals surface area contributed by atoms with E-state index in [1.165, 1.54) is 21.1 Å². The smallest absolute Gasteiger partial charge is 0.203 e. The molecule has 0 atom stereocenters. The topological polar surface area (TPSA) is 72.5 Å². The number of rotatable bonds is 10.